The summed E-state index contributed by atoms with van der Waals surface area (Å²) in [4.78, 5) is 29.5. The van der Waals surface area contributed by atoms with Crippen molar-refractivity contribution in [1.82, 2.24) is 9.47 Å². The van der Waals surface area contributed by atoms with E-state index in [1.165, 1.54) is 4.90 Å². The summed E-state index contributed by atoms with van der Waals surface area (Å²) in [5, 5.41) is 8.98. The van der Waals surface area contributed by atoms with Crippen LogP contribution in [-0.2, 0) is 6.54 Å². The quantitative estimate of drug-likeness (QED) is 0.566. The molecule has 160 valence electrons. The van der Waals surface area contributed by atoms with Crippen molar-refractivity contribution in [2.45, 2.75) is 23.8 Å². The van der Waals surface area contributed by atoms with E-state index < -0.39 is 0 Å². The average molecular weight is 442 g/mol. The molecule has 1 saturated heterocycles. The van der Waals surface area contributed by atoms with Crippen LogP contribution in [0.1, 0.15) is 34.0 Å². The molecule has 0 N–H and O–H groups in total. The molecule has 32 heavy (non-hydrogen) atoms. The molecule has 2 bridgehead atoms. The third kappa shape index (κ3) is 3.63. The molecule has 1 aromatic heterocycles. The number of carbonyl (C=O) groups is 1. The van der Waals surface area contributed by atoms with Gasteiger partial charge in [-0.1, -0.05) is 12.1 Å². The van der Waals surface area contributed by atoms with Gasteiger partial charge in [0.05, 0.1) is 11.6 Å². The number of thioether (sulfide) groups is 1. The largest absolute Gasteiger partial charge is 0.338 e. The van der Waals surface area contributed by atoms with Gasteiger partial charge in [0.15, 0.2) is 0 Å². The second-order valence-electron chi connectivity index (χ2n) is 8.51. The molecule has 2 aliphatic rings. The average Bonchev–Trinajstić information content (AvgIpc) is 2.84. The minimum Gasteiger partial charge on any atom is -0.338 e. The third-order valence-electron chi connectivity index (χ3n) is 6.55. The van der Waals surface area contributed by atoms with Gasteiger partial charge < -0.3 is 9.47 Å². The van der Waals surface area contributed by atoms with Gasteiger partial charge in [-0.3, -0.25) is 9.59 Å². The molecule has 2 aromatic carbocycles. The number of aromatic nitrogens is 1. The van der Waals surface area contributed by atoms with Crippen LogP contribution in [0.3, 0.4) is 0 Å². The Balaban J connectivity index is 1.42. The first-order chi connectivity index (χ1) is 15.6. The molecule has 0 radical (unpaired) electrons. The number of benzene rings is 2. The molecule has 6 heteroatoms. The number of nitrogens with zero attached hydrogens (tertiary/aromatic N) is 3. The molecular weight excluding hydrogens is 418 g/mol. The van der Waals surface area contributed by atoms with Crippen LogP contribution >= 0.6 is 11.8 Å². The number of hydrogen-bond donors (Lipinski definition) is 0. The first kappa shape index (κ1) is 20.6. The van der Waals surface area contributed by atoms with Gasteiger partial charge in [0, 0.05) is 47.3 Å². The lowest BCUT2D eigenvalue weighted by Gasteiger charge is -2.43. The van der Waals surface area contributed by atoms with E-state index in [4.69, 9.17) is 5.26 Å². The Labute approximate surface area is 191 Å². The molecule has 3 aromatic rings. The van der Waals surface area contributed by atoms with Crippen LogP contribution in [0, 0.1) is 17.2 Å². The van der Waals surface area contributed by atoms with E-state index in [0.717, 1.165) is 23.2 Å². The number of likely N-dealkylation sites (tertiary alicyclic amines) is 1. The highest BCUT2D eigenvalue weighted by Crippen LogP contribution is 2.36. The first-order valence-electron chi connectivity index (χ1n) is 10.7. The molecular formula is C26H23N3O2S. The Morgan fingerprint density at radius 1 is 1.00 bits per heavy atom. The Hall–Kier alpha value is -3.30. The summed E-state index contributed by atoms with van der Waals surface area (Å²) in [5.74, 6) is 0.409. The van der Waals surface area contributed by atoms with Crippen molar-refractivity contribution >= 4 is 17.7 Å². The van der Waals surface area contributed by atoms with Crippen molar-refractivity contribution in [3.8, 4) is 17.2 Å². The number of pyridine rings is 1. The summed E-state index contributed by atoms with van der Waals surface area (Å²) in [6.45, 7) is 1.89. The van der Waals surface area contributed by atoms with Gasteiger partial charge in [-0.05, 0) is 72.7 Å². The van der Waals surface area contributed by atoms with E-state index in [-0.39, 0.29) is 23.3 Å². The van der Waals surface area contributed by atoms with Crippen LogP contribution in [0.25, 0.3) is 11.1 Å². The van der Waals surface area contributed by atoms with Gasteiger partial charge in [0.1, 0.15) is 0 Å². The fourth-order valence-electron chi connectivity index (χ4n) is 4.97. The van der Waals surface area contributed by atoms with Crippen molar-refractivity contribution < 1.29 is 4.79 Å². The highest BCUT2D eigenvalue weighted by atomic mass is 32.2. The highest BCUT2D eigenvalue weighted by Gasteiger charge is 2.37. The second kappa shape index (κ2) is 8.33. The zero-order valence-corrected chi connectivity index (χ0v) is 18.6. The zero-order valence-electron chi connectivity index (χ0n) is 17.8. The van der Waals surface area contributed by atoms with E-state index in [9.17, 15) is 9.59 Å². The molecule has 2 aliphatic heterocycles. The van der Waals surface area contributed by atoms with Crippen LogP contribution in [-0.4, -0.2) is 34.7 Å². The lowest BCUT2D eigenvalue weighted by atomic mass is 9.82. The normalized spacial score (nSPS) is 19.2. The van der Waals surface area contributed by atoms with Crippen molar-refractivity contribution in [2.24, 2.45) is 5.92 Å². The van der Waals surface area contributed by atoms with Crippen molar-refractivity contribution in [1.29, 1.82) is 5.26 Å². The first-order valence-corrected chi connectivity index (χ1v) is 12.0. The van der Waals surface area contributed by atoms with E-state index in [1.807, 2.05) is 46.1 Å². The fraction of sp³-hybridized carbons (Fsp3) is 0.269. The number of fused-ring (bicyclic) bond motifs is 4. The summed E-state index contributed by atoms with van der Waals surface area (Å²) >= 11 is 1.68. The van der Waals surface area contributed by atoms with Crippen LogP contribution in [0.2, 0.25) is 0 Å². The van der Waals surface area contributed by atoms with Gasteiger partial charge in [-0.2, -0.15) is 5.26 Å². The maximum atomic E-state index is 13.3. The summed E-state index contributed by atoms with van der Waals surface area (Å²) in [6.07, 6.45) is 3.04. The van der Waals surface area contributed by atoms with Gasteiger partial charge in [-0.15, -0.1) is 11.8 Å². The minimum absolute atomic E-state index is 0.00880. The summed E-state index contributed by atoms with van der Waals surface area (Å²) < 4.78 is 1.93. The Morgan fingerprint density at radius 3 is 2.44 bits per heavy atom. The van der Waals surface area contributed by atoms with Gasteiger partial charge >= 0.3 is 0 Å². The maximum Gasteiger partial charge on any atom is 0.258 e. The molecule has 5 nitrogen and oxygen atoms in total. The molecule has 3 heterocycles. The minimum atomic E-state index is -0.00880. The summed E-state index contributed by atoms with van der Waals surface area (Å²) in [7, 11) is 0. The number of amides is 1. The van der Waals surface area contributed by atoms with Gasteiger partial charge in [-0.25, -0.2) is 0 Å². The van der Waals surface area contributed by atoms with E-state index >= 15 is 0 Å². The molecule has 1 amide bonds. The monoisotopic (exact) mass is 441 g/mol. The number of piperidine rings is 1. The topological polar surface area (TPSA) is 66.1 Å². The molecule has 0 aliphatic carbocycles. The summed E-state index contributed by atoms with van der Waals surface area (Å²) in [6, 6.07) is 21.0. The van der Waals surface area contributed by atoms with Crippen LogP contribution < -0.4 is 5.56 Å². The van der Waals surface area contributed by atoms with Crippen LogP contribution in [0.15, 0.2) is 70.4 Å². The fourth-order valence-corrected chi connectivity index (χ4v) is 5.38. The third-order valence-corrected chi connectivity index (χ3v) is 7.30. The van der Waals surface area contributed by atoms with E-state index in [2.05, 4.69) is 12.1 Å². The Kier molecular flexibility index (Phi) is 5.36. The number of carbonyl (C=O) groups excluding carboxylic acids is 1. The number of nitriles is 1. The van der Waals surface area contributed by atoms with Crippen LogP contribution in [0.5, 0.6) is 0 Å². The lowest BCUT2D eigenvalue weighted by molar-refractivity contribution is 0.0594. The predicted molar refractivity (Wildman–Crippen MR) is 126 cm³/mol. The SMILES string of the molecule is CSc1ccc(-c2ccc3n(c2=O)C[C@@H]2C[C@@H]3CN(C(=O)c3ccc(C#N)cc3)C2)cc1. The molecule has 2 atom stereocenters. The lowest BCUT2D eigenvalue weighted by Crippen LogP contribution is -2.49. The molecule has 5 rings (SSSR count). The zero-order chi connectivity index (χ0) is 22.2. The molecule has 0 spiro atoms. The van der Waals surface area contributed by atoms with Gasteiger partial charge in [0.2, 0.25) is 0 Å². The van der Waals surface area contributed by atoms with Crippen molar-refractivity contribution in [2.75, 3.05) is 19.3 Å². The predicted octanol–water partition coefficient (Wildman–Crippen LogP) is 4.37. The molecule has 0 unspecified atom stereocenters. The standard InChI is InChI=1S/C26H23N3O2S/c1-32-22-8-6-19(7-9-22)23-10-11-24-21-12-18(15-29(24)26(23)31)14-28(16-21)25(30)20-4-2-17(13-27)3-5-20/h2-11,18,21H,12,14-16H2,1H3/t18-,21-/m1/s1. The smallest absolute Gasteiger partial charge is 0.258 e. The van der Waals surface area contributed by atoms with E-state index in [1.54, 1.807) is 36.0 Å². The molecule has 1 fully saturated rings. The maximum absolute atomic E-state index is 13.3. The van der Waals surface area contributed by atoms with Crippen LogP contribution in [0.4, 0.5) is 0 Å². The summed E-state index contributed by atoms with van der Waals surface area (Å²) in [5.41, 5.74) is 3.90. The van der Waals surface area contributed by atoms with Gasteiger partial charge in [0.25, 0.3) is 11.5 Å². The number of rotatable bonds is 3. The molecule has 0 saturated carbocycles. The Bertz CT molecular complexity index is 1270. The Morgan fingerprint density at radius 2 is 1.75 bits per heavy atom. The second-order valence-corrected chi connectivity index (χ2v) is 9.39. The highest BCUT2D eigenvalue weighted by molar-refractivity contribution is 7.98. The van der Waals surface area contributed by atoms with E-state index in [0.29, 0.717) is 30.8 Å². The number of hydrogen-bond acceptors (Lipinski definition) is 4. The van der Waals surface area contributed by atoms with Crippen molar-refractivity contribution in [3.63, 3.8) is 0 Å². The van der Waals surface area contributed by atoms with Crippen molar-refractivity contribution in [3.05, 3.63) is 87.8 Å².